The van der Waals surface area contributed by atoms with Gasteiger partial charge in [0.25, 0.3) is 0 Å². The third-order valence-corrected chi connectivity index (χ3v) is 2.94. The fraction of sp³-hybridized carbons (Fsp3) is 0.364. The Hall–Kier alpha value is -0.890. The highest BCUT2D eigenvalue weighted by Gasteiger charge is 2.14. The molecule has 0 amide bonds. The largest absolute Gasteiger partial charge is 0.255 e. The normalized spacial score (nSPS) is 12.2. The monoisotopic (exact) mass is 191 g/mol. The van der Waals surface area contributed by atoms with Crippen molar-refractivity contribution in [2.75, 3.05) is 0 Å². The molecule has 0 unspecified atom stereocenters. The van der Waals surface area contributed by atoms with Gasteiger partial charge in [0.15, 0.2) is 0 Å². The Bertz CT molecular complexity index is 423. The standard InChI is InChI=1S/C11H13NS/c1-11(2,3)9-4-8-6-13-7-10(8)12-5-9/h4-7H,1-3H3. The zero-order valence-corrected chi connectivity index (χ0v) is 8.98. The molecule has 0 atom stereocenters. The molecule has 0 spiro atoms. The molecule has 0 aromatic carbocycles. The van der Waals surface area contributed by atoms with Crippen molar-refractivity contribution in [2.24, 2.45) is 0 Å². The third-order valence-electron chi connectivity index (χ3n) is 2.19. The van der Waals surface area contributed by atoms with Crippen molar-refractivity contribution in [3.8, 4) is 0 Å². The Balaban J connectivity index is 2.61. The first-order valence-electron chi connectivity index (χ1n) is 4.40. The fourth-order valence-electron chi connectivity index (χ4n) is 1.27. The van der Waals surface area contributed by atoms with Crippen molar-refractivity contribution in [3.63, 3.8) is 0 Å². The topological polar surface area (TPSA) is 12.9 Å². The molecule has 2 rings (SSSR count). The molecule has 0 saturated carbocycles. The number of fused-ring (bicyclic) bond motifs is 1. The Morgan fingerprint density at radius 2 is 2.00 bits per heavy atom. The summed E-state index contributed by atoms with van der Waals surface area (Å²) in [6.45, 7) is 6.63. The number of aromatic nitrogens is 1. The van der Waals surface area contributed by atoms with Crippen LogP contribution in [0.25, 0.3) is 10.9 Å². The Kier molecular flexibility index (Phi) is 1.88. The Labute approximate surface area is 82.4 Å². The van der Waals surface area contributed by atoms with Crippen molar-refractivity contribution in [1.29, 1.82) is 0 Å². The van der Waals surface area contributed by atoms with Gasteiger partial charge < -0.3 is 0 Å². The van der Waals surface area contributed by atoms with E-state index in [0.717, 1.165) is 5.52 Å². The van der Waals surface area contributed by atoms with Crippen LogP contribution in [0.15, 0.2) is 23.0 Å². The van der Waals surface area contributed by atoms with Crippen molar-refractivity contribution in [2.45, 2.75) is 26.2 Å². The van der Waals surface area contributed by atoms with Crippen LogP contribution in [-0.4, -0.2) is 4.98 Å². The molecule has 0 aliphatic carbocycles. The highest BCUT2D eigenvalue weighted by Crippen LogP contribution is 2.25. The minimum atomic E-state index is 0.198. The fourth-order valence-corrected chi connectivity index (χ4v) is 2.00. The molecular formula is C11H13NS. The van der Waals surface area contributed by atoms with Gasteiger partial charge in [0, 0.05) is 22.3 Å². The van der Waals surface area contributed by atoms with E-state index < -0.39 is 0 Å². The smallest absolute Gasteiger partial charge is 0.0809 e. The summed E-state index contributed by atoms with van der Waals surface area (Å²) in [7, 11) is 0. The minimum absolute atomic E-state index is 0.198. The predicted octanol–water partition coefficient (Wildman–Crippen LogP) is 3.59. The zero-order chi connectivity index (χ0) is 9.47. The van der Waals surface area contributed by atoms with Gasteiger partial charge in [-0.15, -0.1) is 11.3 Å². The van der Waals surface area contributed by atoms with Gasteiger partial charge in [-0.25, -0.2) is 0 Å². The first-order valence-corrected chi connectivity index (χ1v) is 5.34. The van der Waals surface area contributed by atoms with Gasteiger partial charge in [-0.3, -0.25) is 4.98 Å². The summed E-state index contributed by atoms with van der Waals surface area (Å²) >= 11 is 1.71. The Morgan fingerprint density at radius 3 is 2.69 bits per heavy atom. The van der Waals surface area contributed by atoms with E-state index in [4.69, 9.17) is 0 Å². The molecule has 0 saturated heterocycles. The van der Waals surface area contributed by atoms with Gasteiger partial charge in [0.05, 0.1) is 5.52 Å². The lowest BCUT2D eigenvalue weighted by molar-refractivity contribution is 0.589. The molecule has 2 aromatic heterocycles. The average Bonchev–Trinajstić information content (AvgIpc) is 2.47. The highest BCUT2D eigenvalue weighted by atomic mass is 32.1. The van der Waals surface area contributed by atoms with E-state index in [0.29, 0.717) is 0 Å². The zero-order valence-electron chi connectivity index (χ0n) is 8.16. The van der Waals surface area contributed by atoms with Gasteiger partial charge in [0.2, 0.25) is 0 Å². The summed E-state index contributed by atoms with van der Waals surface area (Å²) in [5.41, 5.74) is 2.61. The first-order chi connectivity index (χ1) is 6.07. The van der Waals surface area contributed by atoms with Crippen LogP contribution in [0, 0.1) is 0 Å². The summed E-state index contributed by atoms with van der Waals surface area (Å²) in [5, 5.41) is 5.50. The molecule has 0 bridgehead atoms. The van der Waals surface area contributed by atoms with E-state index in [9.17, 15) is 0 Å². The van der Waals surface area contributed by atoms with Crippen LogP contribution >= 0.6 is 11.3 Å². The maximum Gasteiger partial charge on any atom is 0.0809 e. The second kappa shape index (κ2) is 2.81. The second-order valence-corrected chi connectivity index (χ2v) is 5.06. The maximum absolute atomic E-state index is 4.42. The van der Waals surface area contributed by atoms with Gasteiger partial charge in [0.1, 0.15) is 0 Å². The van der Waals surface area contributed by atoms with Crippen LogP contribution in [0.1, 0.15) is 26.3 Å². The Morgan fingerprint density at radius 1 is 1.23 bits per heavy atom. The van der Waals surface area contributed by atoms with Crippen molar-refractivity contribution in [1.82, 2.24) is 4.98 Å². The molecule has 2 aromatic rings. The number of pyridine rings is 1. The van der Waals surface area contributed by atoms with Crippen LogP contribution in [0.2, 0.25) is 0 Å². The van der Waals surface area contributed by atoms with E-state index in [1.165, 1.54) is 10.9 Å². The molecule has 0 aliphatic heterocycles. The van der Waals surface area contributed by atoms with Crippen LogP contribution in [0.3, 0.4) is 0 Å². The second-order valence-electron chi connectivity index (χ2n) is 4.32. The van der Waals surface area contributed by atoms with Crippen LogP contribution in [0.4, 0.5) is 0 Å². The van der Waals surface area contributed by atoms with Crippen molar-refractivity contribution in [3.05, 3.63) is 28.6 Å². The summed E-state index contributed by atoms with van der Waals surface area (Å²) in [6.07, 6.45) is 1.98. The van der Waals surface area contributed by atoms with Crippen molar-refractivity contribution >= 4 is 22.2 Å². The van der Waals surface area contributed by atoms with E-state index in [2.05, 4.69) is 42.6 Å². The van der Waals surface area contributed by atoms with Gasteiger partial charge >= 0.3 is 0 Å². The summed E-state index contributed by atoms with van der Waals surface area (Å²) in [4.78, 5) is 4.42. The molecule has 2 heterocycles. The molecule has 68 valence electrons. The molecule has 0 radical (unpaired) electrons. The lowest BCUT2D eigenvalue weighted by Gasteiger charge is -2.18. The molecular weight excluding hydrogens is 178 g/mol. The number of hydrogen-bond donors (Lipinski definition) is 0. The third kappa shape index (κ3) is 1.59. The van der Waals surface area contributed by atoms with Crippen LogP contribution < -0.4 is 0 Å². The predicted molar refractivity (Wildman–Crippen MR) is 58.3 cm³/mol. The van der Waals surface area contributed by atoms with Crippen LogP contribution in [0.5, 0.6) is 0 Å². The summed E-state index contributed by atoms with van der Waals surface area (Å²) < 4.78 is 0. The van der Waals surface area contributed by atoms with Crippen LogP contribution in [-0.2, 0) is 5.41 Å². The first kappa shape index (κ1) is 8.70. The summed E-state index contributed by atoms with van der Waals surface area (Å²) in [5.74, 6) is 0. The lowest BCUT2D eigenvalue weighted by atomic mass is 9.88. The lowest BCUT2D eigenvalue weighted by Crippen LogP contribution is -2.10. The molecule has 0 fully saturated rings. The molecule has 2 heteroatoms. The molecule has 0 aliphatic rings. The molecule has 13 heavy (non-hydrogen) atoms. The van der Waals surface area contributed by atoms with Crippen molar-refractivity contribution < 1.29 is 0 Å². The quantitative estimate of drug-likeness (QED) is 0.620. The van der Waals surface area contributed by atoms with E-state index in [1.807, 2.05) is 6.20 Å². The van der Waals surface area contributed by atoms with E-state index in [-0.39, 0.29) is 5.41 Å². The van der Waals surface area contributed by atoms with Gasteiger partial charge in [-0.05, 0) is 17.0 Å². The highest BCUT2D eigenvalue weighted by molar-refractivity contribution is 7.09. The summed E-state index contributed by atoms with van der Waals surface area (Å²) in [6, 6.07) is 2.23. The SMILES string of the molecule is CC(C)(C)c1cnc2cscc2c1. The van der Waals surface area contributed by atoms with Gasteiger partial charge in [-0.2, -0.15) is 0 Å². The average molecular weight is 191 g/mol. The molecule has 0 N–H and O–H groups in total. The number of thiophene rings is 1. The van der Waals surface area contributed by atoms with Gasteiger partial charge in [-0.1, -0.05) is 20.8 Å². The van der Waals surface area contributed by atoms with E-state index >= 15 is 0 Å². The number of nitrogens with zero attached hydrogens (tertiary/aromatic N) is 1. The van der Waals surface area contributed by atoms with E-state index in [1.54, 1.807) is 11.3 Å². The molecule has 1 nitrogen and oxygen atoms in total. The number of rotatable bonds is 0. The minimum Gasteiger partial charge on any atom is -0.255 e. The number of hydrogen-bond acceptors (Lipinski definition) is 2. The maximum atomic E-state index is 4.42.